The molecular formula is C22H17N3O3. The van der Waals surface area contributed by atoms with Crippen molar-refractivity contribution in [3.8, 4) is 0 Å². The molecular weight excluding hydrogens is 354 g/mol. The molecule has 0 bridgehead atoms. The number of carbonyl (C=O) groups excluding carboxylic acids is 3. The van der Waals surface area contributed by atoms with E-state index in [4.69, 9.17) is 0 Å². The van der Waals surface area contributed by atoms with Crippen LogP contribution >= 0.6 is 0 Å². The number of imide groups is 1. The topological polar surface area (TPSA) is 79.4 Å². The Bertz CT molecular complexity index is 1000. The molecule has 1 aromatic heterocycles. The number of hydrogen-bond donors (Lipinski definition) is 1. The van der Waals surface area contributed by atoms with E-state index in [1.807, 2.05) is 30.3 Å². The number of fused-ring (bicyclic) bond motifs is 1. The number of hydrogen-bond acceptors (Lipinski definition) is 4. The number of benzene rings is 2. The van der Waals surface area contributed by atoms with Crippen LogP contribution in [0.5, 0.6) is 0 Å². The van der Waals surface area contributed by atoms with Crippen molar-refractivity contribution in [3.05, 3.63) is 95.7 Å². The molecule has 1 aliphatic heterocycles. The first-order valence-corrected chi connectivity index (χ1v) is 8.88. The normalized spacial score (nSPS) is 13.9. The fourth-order valence-electron chi connectivity index (χ4n) is 3.28. The minimum absolute atomic E-state index is 0.213. The first-order valence-electron chi connectivity index (χ1n) is 8.88. The summed E-state index contributed by atoms with van der Waals surface area (Å²) in [5.74, 6) is -1.02. The maximum atomic E-state index is 13.0. The Morgan fingerprint density at radius 3 is 2.07 bits per heavy atom. The molecule has 1 N–H and O–H groups in total. The van der Waals surface area contributed by atoms with E-state index in [0.717, 1.165) is 10.5 Å². The van der Waals surface area contributed by atoms with Gasteiger partial charge in [0.25, 0.3) is 11.8 Å². The lowest BCUT2D eigenvalue weighted by molar-refractivity contribution is -0.120. The van der Waals surface area contributed by atoms with Crippen molar-refractivity contribution in [2.45, 2.75) is 12.5 Å². The predicted molar refractivity (Wildman–Crippen MR) is 104 cm³/mol. The summed E-state index contributed by atoms with van der Waals surface area (Å²) in [6.45, 7) is 0. The lowest BCUT2D eigenvalue weighted by atomic mass is 10.0. The Morgan fingerprint density at radius 1 is 0.857 bits per heavy atom. The average molecular weight is 371 g/mol. The zero-order valence-corrected chi connectivity index (χ0v) is 14.9. The third-order valence-corrected chi connectivity index (χ3v) is 4.63. The molecule has 0 saturated carbocycles. The van der Waals surface area contributed by atoms with Crippen LogP contribution in [0.4, 0.5) is 5.82 Å². The van der Waals surface area contributed by atoms with E-state index < -0.39 is 23.8 Å². The van der Waals surface area contributed by atoms with Crippen molar-refractivity contribution < 1.29 is 14.4 Å². The summed E-state index contributed by atoms with van der Waals surface area (Å²) in [7, 11) is 0. The number of nitrogens with one attached hydrogen (secondary N) is 1. The molecule has 6 nitrogen and oxygen atoms in total. The largest absolute Gasteiger partial charge is 0.309 e. The van der Waals surface area contributed by atoms with Gasteiger partial charge in [0.1, 0.15) is 11.9 Å². The van der Waals surface area contributed by atoms with Gasteiger partial charge in [-0.3, -0.25) is 19.3 Å². The van der Waals surface area contributed by atoms with Gasteiger partial charge in [0.05, 0.1) is 11.1 Å². The molecule has 3 aromatic rings. The Hall–Kier alpha value is -3.80. The highest BCUT2D eigenvalue weighted by atomic mass is 16.2. The van der Waals surface area contributed by atoms with E-state index >= 15 is 0 Å². The van der Waals surface area contributed by atoms with Crippen molar-refractivity contribution in [1.82, 2.24) is 9.88 Å². The lowest BCUT2D eigenvalue weighted by Crippen LogP contribution is -2.48. The van der Waals surface area contributed by atoms with Gasteiger partial charge in [0.2, 0.25) is 5.91 Å². The van der Waals surface area contributed by atoms with Crippen LogP contribution in [0.25, 0.3) is 0 Å². The van der Waals surface area contributed by atoms with Gasteiger partial charge in [-0.25, -0.2) is 4.98 Å². The predicted octanol–water partition coefficient (Wildman–Crippen LogP) is 2.93. The molecule has 2 heterocycles. The van der Waals surface area contributed by atoms with Crippen LogP contribution in [0.15, 0.2) is 79.0 Å². The molecule has 0 saturated heterocycles. The highest BCUT2D eigenvalue weighted by Crippen LogP contribution is 2.26. The van der Waals surface area contributed by atoms with Crippen LogP contribution in [0, 0.1) is 0 Å². The van der Waals surface area contributed by atoms with Gasteiger partial charge in [0, 0.05) is 12.6 Å². The van der Waals surface area contributed by atoms with Crippen LogP contribution in [-0.2, 0) is 11.2 Å². The molecule has 1 aliphatic rings. The van der Waals surface area contributed by atoms with Gasteiger partial charge in [-0.1, -0.05) is 48.5 Å². The van der Waals surface area contributed by atoms with Gasteiger partial charge in [-0.05, 0) is 29.8 Å². The second-order valence-corrected chi connectivity index (χ2v) is 6.44. The average Bonchev–Trinajstić information content (AvgIpc) is 2.98. The number of nitrogens with zero attached hydrogens (tertiary/aromatic N) is 2. The van der Waals surface area contributed by atoms with E-state index in [9.17, 15) is 14.4 Å². The second-order valence-electron chi connectivity index (χ2n) is 6.44. The van der Waals surface area contributed by atoms with E-state index in [1.165, 1.54) is 0 Å². The minimum atomic E-state index is -0.989. The molecule has 0 aliphatic carbocycles. The van der Waals surface area contributed by atoms with Crippen LogP contribution in [0.1, 0.15) is 26.3 Å². The maximum Gasteiger partial charge on any atom is 0.262 e. The molecule has 0 fully saturated rings. The van der Waals surface area contributed by atoms with Crippen LogP contribution in [0.3, 0.4) is 0 Å². The third-order valence-electron chi connectivity index (χ3n) is 4.63. The quantitative estimate of drug-likeness (QED) is 0.700. The fourth-order valence-corrected chi connectivity index (χ4v) is 3.28. The monoisotopic (exact) mass is 371 g/mol. The zero-order valence-electron chi connectivity index (χ0n) is 14.9. The SMILES string of the molecule is O=C(Nc1ccccn1)[C@@H](Cc1ccccc1)N1C(=O)c2ccccc2C1=O. The van der Waals surface area contributed by atoms with Crippen LogP contribution in [-0.4, -0.2) is 33.6 Å². The van der Waals surface area contributed by atoms with Gasteiger partial charge in [-0.2, -0.15) is 0 Å². The van der Waals surface area contributed by atoms with E-state index in [2.05, 4.69) is 10.3 Å². The summed E-state index contributed by atoms with van der Waals surface area (Å²) < 4.78 is 0. The molecule has 138 valence electrons. The maximum absolute atomic E-state index is 13.0. The van der Waals surface area contributed by atoms with E-state index in [1.54, 1.807) is 48.7 Å². The summed E-state index contributed by atoms with van der Waals surface area (Å²) in [5.41, 5.74) is 1.48. The van der Waals surface area contributed by atoms with Gasteiger partial charge in [0.15, 0.2) is 0 Å². The van der Waals surface area contributed by atoms with Crippen molar-refractivity contribution in [2.75, 3.05) is 5.32 Å². The minimum Gasteiger partial charge on any atom is -0.309 e. The Labute approximate surface area is 161 Å². The molecule has 1 atom stereocenters. The Balaban J connectivity index is 1.68. The van der Waals surface area contributed by atoms with E-state index in [0.29, 0.717) is 16.9 Å². The fraction of sp³-hybridized carbons (Fsp3) is 0.0909. The number of anilines is 1. The van der Waals surface area contributed by atoms with E-state index in [-0.39, 0.29) is 6.42 Å². The summed E-state index contributed by atoms with van der Waals surface area (Å²) in [6.07, 6.45) is 1.77. The Morgan fingerprint density at radius 2 is 1.46 bits per heavy atom. The highest BCUT2D eigenvalue weighted by Gasteiger charge is 2.42. The summed E-state index contributed by atoms with van der Waals surface area (Å²) in [6, 6.07) is 20.1. The second kappa shape index (κ2) is 7.44. The molecule has 0 radical (unpaired) electrons. The number of pyridine rings is 1. The van der Waals surface area contributed by atoms with Gasteiger partial charge < -0.3 is 5.32 Å². The number of amides is 3. The standard InChI is InChI=1S/C22H17N3O3/c26-20(24-19-12-6-7-13-23-19)18(14-15-8-2-1-3-9-15)25-21(27)16-10-4-5-11-17(16)22(25)28/h1-13,18H,14H2,(H,23,24,26)/t18-/m1/s1. The molecule has 4 rings (SSSR count). The molecule has 2 aromatic carbocycles. The van der Waals surface area contributed by atoms with Gasteiger partial charge >= 0.3 is 0 Å². The van der Waals surface area contributed by atoms with Crippen LogP contribution < -0.4 is 5.32 Å². The third kappa shape index (κ3) is 3.27. The van der Waals surface area contributed by atoms with Crippen molar-refractivity contribution in [1.29, 1.82) is 0 Å². The van der Waals surface area contributed by atoms with Crippen molar-refractivity contribution >= 4 is 23.5 Å². The number of rotatable bonds is 5. The summed E-state index contributed by atoms with van der Waals surface area (Å²) >= 11 is 0. The zero-order chi connectivity index (χ0) is 19.5. The highest BCUT2D eigenvalue weighted by molar-refractivity contribution is 6.23. The van der Waals surface area contributed by atoms with Crippen LogP contribution in [0.2, 0.25) is 0 Å². The number of aromatic nitrogens is 1. The summed E-state index contributed by atoms with van der Waals surface area (Å²) in [5, 5.41) is 2.71. The molecule has 3 amide bonds. The van der Waals surface area contributed by atoms with Crippen molar-refractivity contribution in [3.63, 3.8) is 0 Å². The molecule has 0 unspecified atom stereocenters. The first kappa shape index (κ1) is 17.6. The Kier molecular flexibility index (Phi) is 4.68. The smallest absolute Gasteiger partial charge is 0.262 e. The lowest BCUT2D eigenvalue weighted by Gasteiger charge is -2.25. The molecule has 6 heteroatoms. The van der Waals surface area contributed by atoms with Gasteiger partial charge in [-0.15, -0.1) is 0 Å². The number of carbonyl (C=O) groups is 3. The van der Waals surface area contributed by atoms with Crippen molar-refractivity contribution in [2.24, 2.45) is 0 Å². The summed E-state index contributed by atoms with van der Waals surface area (Å²) in [4.78, 5) is 44.0. The molecule has 28 heavy (non-hydrogen) atoms. The first-order chi connectivity index (χ1) is 13.6. The molecule has 0 spiro atoms.